The molecule has 4 nitrogen and oxygen atoms in total. The average Bonchev–Trinajstić information content (AvgIpc) is 3.10. The number of thiophene rings is 1. The fourth-order valence-corrected chi connectivity index (χ4v) is 3.42. The quantitative estimate of drug-likeness (QED) is 0.800. The zero-order valence-electron chi connectivity index (χ0n) is 10.3. The molecule has 0 spiro atoms. The monoisotopic (exact) mass is 302 g/mol. The van der Waals surface area contributed by atoms with Gasteiger partial charge in [0.1, 0.15) is 9.88 Å². The average molecular weight is 302 g/mol. The molecule has 6 heteroatoms. The van der Waals surface area contributed by atoms with E-state index >= 15 is 0 Å². The van der Waals surface area contributed by atoms with Gasteiger partial charge in [-0.05, 0) is 23.6 Å². The zero-order valence-corrected chi connectivity index (χ0v) is 11.9. The van der Waals surface area contributed by atoms with E-state index in [0.29, 0.717) is 27.7 Å². The molecule has 0 unspecified atom stereocenters. The van der Waals surface area contributed by atoms with Crippen LogP contribution in [0.15, 0.2) is 41.9 Å². The maximum atomic E-state index is 11.3. The van der Waals surface area contributed by atoms with Crippen molar-refractivity contribution < 1.29 is 9.90 Å². The Labute approximate surface area is 123 Å². The van der Waals surface area contributed by atoms with E-state index in [1.165, 1.54) is 11.3 Å². The standard InChI is InChI=1S/C14H10N2O2S2/c17-14(18)12-11(8-9-4-3-7-19-9)16-13(20-12)10-5-1-2-6-15-10/h1-7H,8H2,(H,17,18). The van der Waals surface area contributed by atoms with E-state index in [1.54, 1.807) is 17.5 Å². The van der Waals surface area contributed by atoms with Crippen molar-refractivity contribution >= 4 is 28.6 Å². The lowest BCUT2D eigenvalue weighted by atomic mass is 10.2. The normalized spacial score (nSPS) is 10.6. The first-order valence-corrected chi connectivity index (χ1v) is 7.60. The molecule has 0 fully saturated rings. The number of carbonyl (C=O) groups is 1. The molecular weight excluding hydrogens is 292 g/mol. The third kappa shape index (κ3) is 2.61. The van der Waals surface area contributed by atoms with Crippen molar-refractivity contribution in [2.45, 2.75) is 6.42 Å². The van der Waals surface area contributed by atoms with Crippen LogP contribution in [0.5, 0.6) is 0 Å². The molecule has 3 aromatic heterocycles. The van der Waals surface area contributed by atoms with Gasteiger partial charge in [0.05, 0.1) is 11.4 Å². The summed E-state index contributed by atoms with van der Waals surface area (Å²) in [6, 6.07) is 9.45. The van der Waals surface area contributed by atoms with Crippen molar-refractivity contribution in [1.29, 1.82) is 0 Å². The predicted octanol–water partition coefficient (Wildman–Crippen LogP) is 3.56. The molecule has 0 saturated carbocycles. The predicted molar refractivity (Wildman–Crippen MR) is 79.4 cm³/mol. The van der Waals surface area contributed by atoms with Gasteiger partial charge in [-0.25, -0.2) is 9.78 Å². The molecule has 3 rings (SSSR count). The van der Waals surface area contributed by atoms with Crippen LogP contribution in [0.3, 0.4) is 0 Å². The summed E-state index contributed by atoms with van der Waals surface area (Å²) in [5.41, 5.74) is 1.31. The van der Waals surface area contributed by atoms with Gasteiger partial charge >= 0.3 is 5.97 Å². The van der Waals surface area contributed by atoms with Gasteiger partial charge in [0.15, 0.2) is 0 Å². The highest BCUT2D eigenvalue weighted by Crippen LogP contribution is 2.28. The van der Waals surface area contributed by atoms with E-state index in [0.717, 1.165) is 4.88 Å². The molecule has 0 aliphatic rings. The maximum absolute atomic E-state index is 11.3. The first-order valence-electron chi connectivity index (χ1n) is 5.91. The number of thiazole rings is 1. The van der Waals surface area contributed by atoms with Crippen molar-refractivity contribution in [1.82, 2.24) is 9.97 Å². The summed E-state index contributed by atoms with van der Waals surface area (Å²) in [6.07, 6.45) is 2.22. The number of hydrogen-bond donors (Lipinski definition) is 1. The van der Waals surface area contributed by atoms with Crippen LogP contribution in [0.25, 0.3) is 10.7 Å². The highest BCUT2D eigenvalue weighted by molar-refractivity contribution is 7.17. The van der Waals surface area contributed by atoms with Gasteiger partial charge in [-0.2, -0.15) is 0 Å². The van der Waals surface area contributed by atoms with Crippen molar-refractivity contribution in [3.63, 3.8) is 0 Å². The number of rotatable bonds is 4. The number of carboxylic acid groups (broad SMARTS) is 1. The van der Waals surface area contributed by atoms with E-state index < -0.39 is 5.97 Å². The first-order chi connectivity index (χ1) is 9.74. The lowest BCUT2D eigenvalue weighted by Gasteiger charge is -1.95. The molecule has 1 N–H and O–H groups in total. The molecule has 0 aliphatic carbocycles. The first kappa shape index (κ1) is 13.0. The second-order valence-corrected chi connectivity index (χ2v) is 6.10. The second kappa shape index (κ2) is 5.52. The molecule has 0 aromatic carbocycles. The maximum Gasteiger partial charge on any atom is 0.347 e. The smallest absolute Gasteiger partial charge is 0.347 e. The van der Waals surface area contributed by atoms with Crippen molar-refractivity contribution in [3.8, 4) is 10.7 Å². The van der Waals surface area contributed by atoms with Gasteiger partial charge < -0.3 is 5.11 Å². The third-order valence-electron chi connectivity index (χ3n) is 2.70. The Morgan fingerprint density at radius 2 is 2.15 bits per heavy atom. The lowest BCUT2D eigenvalue weighted by Crippen LogP contribution is -1.98. The Bertz CT molecular complexity index is 721. The Morgan fingerprint density at radius 1 is 1.25 bits per heavy atom. The molecule has 3 heterocycles. The van der Waals surface area contributed by atoms with Crippen LogP contribution < -0.4 is 0 Å². The number of hydrogen-bond acceptors (Lipinski definition) is 5. The van der Waals surface area contributed by atoms with Crippen LogP contribution in [-0.4, -0.2) is 21.0 Å². The number of aromatic carboxylic acids is 1. The van der Waals surface area contributed by atoms with E-state index in [9.17, 15) is 9.90 Å². The minimum absolute atomic E-state index is 0.291. The summed E-state index contributed by atoms with van der Waals surface area (Å²) in [4.78, 5) is 21.4. The zero-order chi connectivity index (χ0) is 13.9. The molecule has 100 valence electrons. The van der Waals surface area contributed by atoms with Crippen molar-refractivity contribution in [3.05, 3.63) is 57.4 Å². The van der Waals surface area contributed by atoms with E-state index in [4.69, 9.17) is 0 Å². The Kier molecular flexibility index (Phi) is 3.58. The highest BCUT2D eigenvalue weighted by Gasteiger charge is 2.19. The molecule has 0 atom stereocenters. The van der Waals surface area contributed by atoms with Crippen LogP contribution in [0, 0.1) is 0 Å². The van der Waals surface area contributed by atoms with Crippen LogP contribution in [-0.2, 0) is 6.42 Å². The summed E-state index contributed by atoms with van der Waals surface area (Å²) < 4.78 is 0. The summed E-state index contributed by atoms with van der Waals surface area (Å²) in [5, 5.41) is 11.9. The third-order valence-corrected chi connectivity index (χ3v) is 4.68. The Balaban J connectivity index is 2.01. The summed E-state index contributed by atoms with van der Waals surface area (Å²) in [5.74, 6) is -0.934. The topological polar surface area (TPSA) is 63.1 Å². The molecule has 3 aromatic rings. The number of aromatic nitrogens is 2. The minimum Gasteiger partial charge on any atom is -0.477 e. The fourth-order valence-electron chi connectivity index (χ4n) is 1.82. The van der Waals surface area contributed by atoms with E-state index in [-0.39, 0.29) is 0 Å². The van der Waals surface area contributed by atoms with Crippen molar-refractivity contribution in [2.24, 2.45) is 0 Å². The van der Waals surface area contributed by atoms with Gasteiger partial charge in [-0.1, -0.05) is 12.1 Å². The Morgan fingerprint density at radius 3 is 2.80 bits per heavy atom. The van der Waals surface area contributed by atoms with Gasteiger partial charge in [-0.15, -0.1) is 22.7 Å². The molecule has 20 heavy (non-hydrogen) atoms. The van der Waals surface area contributed by atoms with E-state index in [1.807, 2.05) is 35.7 Å². The van der Waals surface area contributed by atoms with Gasteiger partial charge in [-0.3, -0.25) is 4.98 Å². The van der Waals surface area contributed by atoms with Crippen molar-refractivity contribution in [2.75, 3.05) is 0 Å². The highest BCUT2D eigenvalue weighted by atomic mass is 32.1. The summed E-state index contributed by atoms with van der Waals surface area (Å²) >= 11 is 2.77. The fraction of sp³-hybridized carbons (Fsp3) is 0.0714. The molecule has 0 aliphatic heterocycles. The summed E-state index contributed by atoms with van der Waals surface area (Å²) in [7, 11) is 0. The molecule has 0 radical (unpaired) electrons. The van der Waals surface area contributed by atoms with Crippen LogP contribution in [0.1, 0.15) is 20.2 Å². The van der Waals surface area contributed by atoms with Crippen LogP contribution in [0.2, 0.25) is 0 Å². The number of nitrogens with zero attached hydrogens (tertiary/aromatic N) is 2. The number of carboxylic acids is 1. The largest absolute Gasteiger partial charge is 0.477 e. The van der Waals surface area contributed by atoms with Gasteiger partial charge in [0, 0.05) is 17.5 Å². The molecular formula is C14H10N2O2S2. The van der Waals surface area contributed by atoms with Crippen LogP contribution >= 0.6 is 22.7 Å². The van der Waals surface area contributed by atoms with Crippen LogP contribution in [0.4, 0.5) is 0 Å². The number of pyridine rings is 1. The van der Waals surface area contributed by atoms with Gasteiger partial charge in [0.25, 0.3) is 0 Å². The molecule has 0 amide bonds. The summed E-state index contributed by atoms with van der Waals surface area (Å²) in [6.45, 7) is 0. The van der Waals surface area contributed by atoms with Gasteiger partial charge in [0.2, 0.25) is 0 Å². The molecule has 0 saturated heterocycles. The SMILES string of the molecule is O=C(O)c1sc(-c2ccccn2)nc1Cc1cccs1. The Hall–Kier alpha value is -2.05. The second-order valence-electron chi connectivity index (χ2n) is 4.07. The van der Waals surface area contributed by atoms with E-state index in [2.05, 4.69) is 9.97 Å². The minimum atomic E-state index is -0.934. The molecule has 0 bridgehead atoms. The lowest BCUT2D eigenvalue weighted by molar-refractivity contribution is 0.0701.